The molecule has 1 N–H and O–H groups in total. The molecule has 1 aliphatic heterocycles. The summed E-state index contributed by atoms with van der Waals surface area (Å²) in [4.78, 5) is 5.72. The molecular weight excluding hydrogens is 458 g/mol. The molecule has 1 atom stereocenters. The zero-order valence-electron chi connectivity index (χ0n) is 18.4. The van der Waals surface area contributed by atoms with Gasteiger partial charge in [-0.3, -0.25) is 5.43 Å². The van der Waals surface area contributed by atoms with Gasteiger partial charge in [0.1, 0.15) is 11.5 Å². The molecule has 0 saturated carbocycles. The number of thiazole rings is 1. The summed E-state index contributed by atoms with van der Waals surface area (Å²) in [6, 6.07) is 29.1. The van der Waals surface area contributed by atoms with E-state index in [1.807, 2.05) is 42.6 Å². The first-order chi connectivity index (χ1) is 16.8. The zero-order chi connectivity index (χ0) is 22.9. The highest BCUT2D eigenvalue weighted by atomic mass is 32.1. The fourth-order valence-corrected chi connectivity index (χ4v) is 5.88. The molecule has 6 heteroatoms. The lowest BCUT2D eigenvalue weighted by atomic mass is 9.80. The average molecular weight is 480 g/mol. The van der Waals surface area contributed by atoms with Crippen LogP contribution in [0.2, 0.25) is 0 Å². The van der Waals surface area contributed by atoms with Crippen LogP contribution < -0.4 is 10.2 Å². The summed E-state index contributed by atoms with van der Waals surface area (Å²) in [5.41, 5.74) is 8.75. The van der Waals surface area contributed by atoms with Crippen LogP contribution in [0.15, 0.2) is 101 Å². The molecule has 0 saturated heterocycles. The first kappa shape index (κ1) is 20.8. The highest BCUT2D eigenvalue weighted by Crippen LogP contribution is 2.46. The van der Waals surface area contributed by atoms with Crippen molar-refractivity contribution in [3.8, 4) is 5.75 Å². The summed E-state index contributed by atoms with van der Waals surface area (Å²) in [5, 5.41) is 7.48. The minimum absolute atomic E-state index is 0.00386. The van der Waals surface area contributed by atoms with Crippen molar-refractivity contribution in [3.63, 3.8) is 0 Å². The van der Waals surface area contributed by atoms with Crippen LogP contribution in [-0.2, 0) is 0 Å². The Morgan fingerprint density at radius 1 is 0.912 bits per heavy atom. The van der Waals surface area contributed by atoms with Gasteiger partial charge in [-0.25, -0.2) is 4.98 Å². The van der Waals surface area contributed by atoms with Crippen LogP contribution in [0.3, 0.4) is 0 Å². The number of hydrogen-bond donors (Lipinski definition) is 1. The largest absolute Gasteiger partial charge is 0.455 e. The number of fused-ring (bicyclic) bond motifs is 2. The summed E-state index contributed by atoms with van der Waals surface area (Å²) in [7, 11) is 0. The van der Waals surface area contributed by atoms with E-state index in [-0.39, 0.29) is 5.92 Å². The van der Waals surface area contributed by atoms with E-state index in [0.29, 0.717) is 0 Å². The Labute approximate surface area is 205 Å². The Hall–Kier alpha value is -3.74. The van der Waals surface area contributed by atoms with Gasteiger partial charge in [0.15, 0.2) is 0 Å². The normalized spacial score (nSPS) is 15.5. The van der Waals surface area contributed by atoms with Gasteiger partial charge in [-0.2, -0.15) is 5.10 Å². The molecule has 0 unspecified atom stereocenters. The number of allylic oxidation sites excluding steroid dienone is 1. The van der Waals surface area contributed by atoms with Gasteiger partial charge in [-0.15, -0.1) is 11.3 Å². The fourth-order valence-electron chi connectivity index (χ4n) is 4.34. The zero-order valence-corrected chi connectivity index (χ0v) is 20.1. The Morgan fingerprint density at radius 3 is 2.53 bits per heavy atom. The predicted octanol–water partition coefficient (Wildman–Crippen LogP) is 7.70. The van der Waals surface area contributed by atoms with Crippen LogP contribution in [0.5, 0.6) is 5.75 Å². The molecule has 0 spiro atoms. The number of hydrogen-bond acceptors (Lipinski definition) is 6. The van der Waals surface area contributed by atoms with Crippen LogP contribution in [0.25, 0.3) is 16.0 Å². The highest BCUT2D eigenvalue weighted by Gasteiger charge is 2.32. The van der Waals surface area contributed by atoms with Crippen molar-refractivity contribution in [2.75, 3.05) is 5.43 Å². The lowest BCUT2D eigenvalue weighted by Crippen LogP contribution is -2.18. The van der Waals surface area contributed by atoms with E-state index < -0.39 is 0 Å². The topological polar surface area (TPSA) is 46.5 Å². The summed E-state index contributed by atoms with van der Waals surface area (Å²) in [5.74, 6) is 1.73. The molecule has 1 aliphatic rings. The maximum atomic E-state index is 6.49. The first-order valence-corrected chi connectivity index (χ1v) is 12.7. The number of nitrogens with one attached hydrogen (secondary N) is 1. The molecule has 4 nitrogen and oxygen atoms in total. The second kappa shape index (κ2) is 8.89. The number of ether oxygens (including phenoxy) is 1. The molecule has 0 radical (unpaired) electrons. The minimum Gasteiger partial charge on any atom is -0.455 e. The van der Waals surface area contributed by atoms with Crippen LogP contribution >= 0.6 is 22.7 Å². The van der Waals surface area contributed by atoms with Crippen molar-refractivity contribution in [2.45, 2.75) is 12.8 Å². The summed E-state index contributed by atoms with van der Waals surface area (Å²) in [6.45, 7) is 2.16. The molecule has 0 bridgehead atoms. The van der Waals surface area contributed by atoms with E-state index in [1.165, 1.54) is 11.1 Å². The van der Waals surface area contributed by atoms with Crippen LogP contribution in [0.1, 0.15) is 27.5 Å². The van der Waals surface area contributed by atoms with Crippen molar-refractivity contribution >= 4 is 50.0 Å². The van der Waals surface area contributed by atoms with Gasteiger partial charge < -0.3 is 4.74 Å². The van der Waals surface area contributed by atoms with Crippen molar-refractivity contribution in [3.05, 3.63) is 117 Å². The maximum Gasteiger partial charge on any atom is 0.204 e. The summed E-state index contributed by atoms with van der Waals surface area (Å²) >= 11 is 3.26. The van der Waals surface area contributed by atoms with E-state index in [9.17, 15) is 0 Å². The van der Waals surface area contributed by atoms with Gasteiger partial charge in [0.25, 0.3) is 0 Å². The van der Waals surface area contributed by atoms with Crippen molar-refractivity contribution in [1.82, 2.24) is 4.98 Å². The molecule has 6 rings (SSSR count). The van der Waals surface area contributed by atoms with E-state index in [0.717, 1.165) is 42.9 Å². The number of benzene rings is 3. The van der Waals surface area contributed by atoms with E-state index in [4.69, 9.17) is 4.74 Å². The second-order valence-electron chi connectivity index (χ2n) is 8.05. The van der Waals surface area contributed by atoms with Gasteiger partial charge in [0.2, 0.25) is 5.13 Å². The molecule has 0 aliphatic carbocycles. The lowest BCUT2D eigenvalue weighted by Gasteiger charge is -2.30. The van der Waals surface area contributed by atoms with Crippen molar-refractivity contribution < 1.29 is 4.74 Å². The third kappa shape index (κ3) is 3.81. The fraction of sp³-hybridized carbons (Fsp3) is 0.0714. The number of para-hydroxylation sites is 2. The quantitative estimate of drug-likeness (QED) is 0.207. The molecule has 2 aromatic heterocycles. The number of aryl methyl sites for hydroxylation is 1. The number of aromatic nitrogens is 1. The van der Waals surface area contributed by atoms with Gasteiger partial charge in [0, 0.05) is 17.1 Å². The smallest absolute Gasteiger partial charge is 0.204 e. The predicted molar refractivity (Wildman–Crippen MR) is 143 cm³/mol. The Balaban J connectivity index is 1.47. The van der Waals surface area contributed by atoms with Gasteiger partial charge >= 0.3 is 0 Å². The highest BCUT2D eigenvalue weighted by molar-refractivity contribution is 7.22. The minimum atomic E-state index is 0.00386. The van der Waals surface area contributed by atoms with Crippen molar-refractivity contribution in [1.29, 1.82) is 0 Å². The van der Waals surface area contributed by atoms with Crippen LogP contribution in [-0.4, -0.2) is 11.2 Å². The standard InChI is InChI=1S/C28H21N3OS2/c1-18-9-2-3-10-19(18)26-20-11-4-6-13-23(20)32-27(25-15-8-16-33-25)21(26)17-29-31-28-30-22-12-5-7-14-24(22)34-28/h2-17,26H,1H3,(H,30,31)/b29-17-/t26-/m0/s1. The Kier molecular flexibility index (Phi) is 5.45. The van der Waals surface area contributed by atoms with Crippen LogP contribution in [0, 0.1) is 6.92 Å². The number of hydrazone groups is 1. The van der Waals surface area contributed by atoms with E-state index in [1.54, 1.807) is 22.7 Å². The SMILES string of the molecule is Cc1ccccc1[C@@H]1C(/C=N\Nc2nc3ccccc3s2)=C(c2cccs2)Oc2ccccc21. The van der Waals surface area contributed by atoms with E-state index in [2.05, 4.69) is 76.3 Å². The number of nitrogens with zero attached hydrogens (tertiary/aromatic N) is 2. The molecule has 3 aromatic carbocycles. The summed E-state index contributed by atoms with van der Waals surface area (Å²) in [6.07, 6.45) is 1.90. The number of anilines is 1. The maximum absolute atomic E-state index is 6.49. The first-order valence-electron chi connectivity index (χ1n) is 11.0. The molecule has 34 heavy (non-hydrogen) atoms. The number of rotatable bonds is 5. The summed E-state index contributed by atoms with van der Waals surface area (Å²) < 4.78 is 7.62. The third-order valence-corrected chi connectivity index (χ3v) is 7.73. The Morgan fingerprint density at radius 2 is 1.71 bits per heavy atom. The molecular formula is C28H21N3OS2. The van der Waals surface area contributed by atoms with Gasteiger partial charge in [-0.05, 0) is 47.7 Å². The average Bonchev–Trinajstić information content (AvgIpc) is 3.54. The van der Waals surface area contributed by atoms with Gasteiger partial charge in [0.05, 0.1) is 21.3 Å². The molecule has 0 fully saturated rings. The molecule has 5 aromatic rings. The second-order valence-corrected chi connectivity index (χ2v) is 10.0. The molecule has 3 heterocycles. The van der Waals surface area contributed by atoms with Crippen LogP contribution in [0.4, 0.5) is 5.13 Å². The molecule has 0 amide bonds. The van der Waals surface area contributed by atoms with Gasteiger partial charge in [-0.1, -0.05) is 72.0 Å². The monoisotopic (exact) mass is 479 g/mol. The lowest BCUT2D eigenvalue weighted by molar-refractivity contribution is 0.490. The molecule has 166 valence electrons. The third-order valence-electron chi connectivity index (χ3n) is 5.92. The Bertz CT molecular complexity index is 1500. The number of thiophene rings is 1. The van der Waals surface area contributed by atoms with E-state index >= 15 is 0 Å². The van der Waals surface area contributed by atoms with Crippen molar-refractivity contribution in [2.24, 2.45) is 5.10 Å².